The first kappa shape index (κ1) is 12.9. The van der Waals surface area contributed by atoms with Gasteiger partial charge in [-0.1, -0.05) is 36.8 Å². The molecular weight excluding hydrogens is 266 g/mol. The second-order valence-corrected chi connectivity index (χ2v) is 6.02. The largest absolute Gasteiger partial charge is 0.382 e. The minimum atomic E-state index is 0.553. The summed E-state index contributed by atoms with van der Waals surface area (Å²) in [6.07, 6.45) is 1.05. The van der Waals surface area contributed by atoms with E-state index in [0.717, 1.165) is 23.2 Å². The van der Waals surface area contributed by atoms with E-state index in [1.165, 1.54) is 15.3 Å². The van der Waals surface area contributed by atoms with Crippen LogP contribution in [0.15, 0.2) is 36.4 Å². The Bertz CT molecular complexity index is 740. The zero-order valence-corrected chi connectivity index (χ0v) is 12.4. The molecule has 0 unspecified atom stereocenters. The van der Waals surface area contributed by atoms with Crippen molar-refractivity contribution >= 4 is 17.2 Å². The third-order valence-electron chi connectivity index (χ3n) is 3.36. The molecule has 3 N–H and O–H groups in total. The van der Waals surface area contributed by atoms with Gasteiger partial charge in [-0.3, -0.25) is 5.10 Å². The SMILES string of the molecule is CCc1ccc(-c2[nH]nc(N)c2-c2cccc(C)c2)s1. The van der Waals surface area contributed by atoms with E-state index in [4.69, 9.17) is 5.73 Å². The van der Waals surface area contributed by atoms with Crippen LogP contribution in [0.1, 0.15) is 17.4 Å². The maximum atomic E-state index is 6.06. The van der Waals surface area contributed by atoms with Crippen LogP contribution in [0.25, 0.3) is 21.7 Å². The van der Waals surface area contributed by atoms with E-state index >= 15 is 0 Å². The lowest BCUT2D eigenvalue weighted by molar-refractivity contribution is 1.11. The molecule has 2 heterocycles. The first-order valence-electron chi connectivity index (χ1n) is 6.69. The van der Waals surface area contributed by atoms with E-state index in [2.05, 4.69) is 54.4 Å². The van der Waals surface area contributed by atoms with Gasteiger partial charge in [0.25, 0.3) is 0 Å². The molecule has 3 aromatic rings. The number of aromatic nitrogens is 2. The quantitative estimate of drug-likeness (QED) is 0.754. The van der Waals surface area contributed by atoms with Gasteiger partial charge in [0, 0.05) is 4.88 Å². The number of aryl methyl sites for hydroxylation is 2. The van der Waals surface area contributed by atoms with Gasteiger partial charge < -0.3 is 5.73 Å². The molecule has 0 bridgehead atoms. The second-order valence-electron chi connectivity index (χ2n) is 4.85. The molecule has 0 aliphatic rings. The van der Waals surface area contributed by atoms with E-state index in [0.29, 0.717) is 5.82 Å². The van der Waals surface area contributed by atoms with E-state index in [1.54, 1.807) is 11.3 Å². The van der Waals surface area contributed by atoms with Gasteiger partial charge >= 0.3 is 0 Å². The fraction of sp³-hybridized carbons (Fsp3) is 0.188. The molecule has 0 aliphatic heterocycles. The summed E-state index contributed by atoms with van der Waals surface area (Å²) in [5.41, 5.74) is 10.4. The summed E-state index contributed by atoms with van der Waals surface area (Å²) in [5, 5.41) is 7.27. The zero-order valence-electron chi connectivity index (χ0n) is 11.6. The Hall–Kier alpha value is -2.07. The predicted molar refractivity (Wildman–Crippen MR) is 85.9 cm³/mol. The van der Waals surface area contributed by atoms with Gasteiger partial charge in [-0.15, -0.1) is 11.3 Å². The smallest absolute Gasteiger partial charge is 0.153 e. The minimum absolute atomic E-state index is 0.553. The third-order valence-corrected chi connectivity index (χ3v) is 4.60. The molecule has 0 fully saturated rings. The first-order chi connectivity index (χ1) is 9.69. The highest BCUT2D eigenvalue weighted by molar-refractivity contribution is 7.15. The average Bonchev–Trinajstić information content (AvgIpc) is 3.04. The Morgan fingerprint density at radius 3 is 2.80 bits per heavy atom. The van der Waals surface area contributed by atoms with E-state index in [9.17, 15) is 0 Å². The summed E-state index contributed by atoms with van der Waals surface area (Å²) in [6.45, 7) is 4.25. The van der Waals surface area contributed by atoms with Crippen molar-refractivity contribution in [3.63, 3.8) is 0 Å². The fourth-order valence-electron chi connectivity index (χ4n) is 2.33. The van der Waals surface area contributed by atoms with Crippen LogP contribution >= 0.6 is 11.3 Å². The Kier molecular flexibility index (Phi) is 3.32. The number of nitrogens with zero attached hydrogens (tertiary/aromatic N) is 1. The van der Waals surface area contributed by atoms with Crippen LogP contribution in [-0.2, 0) is 6.42 Å². The van der Waals surface area contributed by atoms with Crippen molar-refractivity contribution in [1.82, 2.24) is 10.2 Å². The lowest BCUT2D eigenvalue weighted by atomic mass is 10.0. The molecule has 0 saturated heterocycles. The molecule has 0 aliphatic carbocycles. The van der Waals surface area contributed by atoms with Crippen molar-refractivity contribution < 1.29 is 0 Å². The Balaban J connectivity index is 2.14. The van der Waals surface area contributed by atoms with E-state index in [-0.39, 0.29) is 0 Å². The molecule has 3 nitrogen and oxygen atoms in total. The van der Waals surface area contributed by atoms with Gasteiger partial charge in [0.15, 0.2) is 5.82 Å². The molecule has 0 spiro atoms. The summed E-state index contributed by atoms with van der Waals surface area (Å²) in [5.74, 6) is 0.553. The number of nitrogens with two attached hydrogens (primary N) is 1. The normalized spacial score (nSPS) is 10.9. The van der Waals surface area contributed by atoms with Crippen molar-refractivity contribution in [2.24, 2.45) is 0 Å². The standard InChI is InChI=1S/C16H17N3S/c1-3-12-7-8-13(20-12)15-14(16(17)19-18-15)11-6-4-5-10(2)9-11/h4-9H,3H2,1-2H3,(H3,17,18,19). The number of thiophene rings is 1. The number of aromatic amines is 1. The Morgan fingerprint density at radius 2 is 2.10 bits per heavy atom. The molecule has 2 aromatic heterocycles. The number of rotatable bonds is 3. The van der Waals surface area contributed by atoms with Gasteiger partial charge in [0.2, 0.25) is 0 Å². The highest BCUT2D eigenvalue weighted by Gasteiger charge is 2.16. The van der Waals surface area contributed by atoms with Crippen molar-refractivity contribution in [3.05, 3.63) is 46.8 Å². The van der Waals surface area contributed by atoms with Gasteiger partial charge in [0.1, 0.15) is 0 Å². The van der Waals surface area contributed by atoms with Crippen molar-refractivity contribution in [2.75, 3.05) is 5.73 Å². The highest BCUT2D eigenvalue weighted by Crippen LogP contribution is 2.38. The monoisotopic (exact) mass is 283 g/mol. The van der Waals surface area contributed by atoms with Gasteiger partial charge in [-0.25, -0.2) is 0 Å². The minimum Gasteiger partial charge on any atom is -0.382 e. The molecular formula is C16H17N3S. The fourth-order valence-corrected chi connectivity index (χ4v) is 3.28. The highest BCUT2D eigenvalue weighted by atomic mass is 32.1. The number of nitrogen functional groups attached to an aromatic ring is 1. The molecule has 0 radical (unpaired) electrons. The molecule has 1 aromatic carbocycles. The lowest BCUT2D eigenvalue weighted by Crippen LogP contribution is -1.88. The first-order valence-corrected chi connectivity index (χ1v) is 7.50. The second kappa shape index (κ2) is 5.13. The van der Waals surface area contributed by atoms with Crippen LogP contribution in [-0.4, -0.2) is 10.2 Å². The number of anilines is 1. The number of benzene rings is 1. The average molecular weight is 283 g/mol. The summed E-state index contributed by atoms with van der Waals surface area (Å²) >= 11 is 1.79. The Morgan fingerprint density at radius 1 is 1.25 bits per heavy atom. The van der Waals surface area contributed by atoms with Gasteiger partial charge in [-0.05, 0) is 31.0 Å². The number of hydrogen-bond donors (Lipinski definition) is 2. The number of nitrogens with one attached hydrogen (secondary N) is 1. The molecule has 0 saturated carbocycles. The van der Waals surface area contributed by atoms with Crippen LogP contribution in [0.3, 0.4) is 0 Å². The molecule has 0 atom stereocenters. The number of hydrogen-bond acceptors (Lipinski definition) is 3. The maximum Gasteiger partial charge on any atom is 0.153 e. The molecule has 0 amide bonds. The number of H-pyrrole nitrogens is 1. The van der Waals surface area contributed by atoms with Gasteiger partial charge in [-0.2, -0.15) is 5.10 Å². The summed E-state index contributed by atoms with van der Waals surface area (Å²) < 4.78 is 0. The van der Waals surface area contributed by atoms with E-state index < -0.39 is 0 Å². The van der Waals surface area contributed by atoms with Crippen molar-refractivity contribution in [2.45, 2.75) is 20.3 Å². The maximum absolute atomic E-state index is 6.06. The van der Waals surface area contributed by atoms with Crippen LogP contribution < -0.4 is 5.73 Å². The van der Waals surface area contributed by atoms with Crippen LogP contribution in [0, 0.1) is 6.92 Å². The predicted octanol–water partition coefficient (Wildman–Crippen LogP) is 4.26. The van der Waals surface area contributed by atoms with Gasteiger partial charge in [0.05, 0.1) is 16.1 Å². The van der Waals surface area contributed by atoms with E-state index in [1.807, 2.05) is 6.07 Å². The zero-order chi connectivity index (χ0) is 14.1. The summed E-state index contributed by atoms with van der Waals surface area (Å²) in [7, 11) is 0. The molecule has 3 rings (SSSR count). The Labute approximate surface area is 122 Å². The molecule has 4 heteroatoms. The topological polar surface area (TPSA) is 54.7 Å². The van der Waals surface area contributed by atoms with Crippen LogP contribution in [0.4, 0.5) is 5.82 Å². The summed E-state index contributed by atoms with van der Waals surface area (Å²) in [6, 6.07) is 12.6. The van der Waals surface area contributed by atoms with Crippen LogP contribution in [0.5, 0.6) is 0 Å². The van der Waals surface area contributed by atoms with Crippen molar-refractivity contribution in [1.29, 1.82) is 0 Å². The molecule has 102 valence electrons. The third kappa shape index (κ3) is 2.23. The molecule has 20 heavy (non-hydrogen) atoms. The lowest BCUT2D eigenvalue weighted by Gasteiger charge is -2.04. The van der Waals surface area contributed by atoms with Crippen LogP contribution in [0.2, 0.25) is 0 Å². The van der Waals surface area contributed by atoms with Crippen molar-refractivity contribution in [3.8, 4) is 21.7 Å². The summed E-state index contributed by atoms with van der Waals surface area (Å²) in [4.78, 5) is 2.55.